The van der Waals surface area contributed by atoms with Gasteiger partial charge in [-0.2, -0.15) is 52.7 Å². The van der Waals surface area contributed by atoms with Gasteiger partial charge in [-0.15, -0.1) is 0 Å². The van der Waals surface area contributed by atoms with Crippen molar-refractivity contribution in [1.29, 1.82) is 0 Å². The van der Waals surface area contributed by atoms with Gasteiger partial charge in [0.2, 0.25) is 0 Å². The summed E-state index contributed by atoms with van der Waals surface area (Å²) in [7, 11) is 0. The largest absolute Gasteiger partial charge is 0.417 e. The number of hydrogen-bond donors (Lipinski definition) is 2. The standard InChI is InChI=1S/2C20H18ClF6N3O2/c2*21-12-6-11(19(22,23)24)8-29-18(12)30-3-1-9(2-4-30)16-14-10(7-28-16)5-13(31)17(32)15(14)20(25,26)27/h2*6,8-9,15,17,32H,1-5,7H2/t2*15-,17+/m10/s1. The van der Waals surface area contributed by atoms with Crippen molar-refractivity contribution in [3.63, 3.8) is 0 Å². The molecule has 6 aliphatic rings. The zero-order valence-electron chi connectivity index (χ0n) is 32.9. The number of anilines is 2. The normalized spacial score (nSPS) is 25.3. The molecule has 4 atom stereocenters. The van der Waals surface area contributed by atoms with Crippen molar-refractivity contribution in [2.45, 2.75) is 75.4 Å². The van der Waals surface area contributed by atoms with Crippen LogP contribution in [0.3, 0.4) is 0 Å². The fourth-order valence-corrected chi connectivity index (χ4v) is 9.76. The van der Waals surface area contributed by atoms with Crippen LogP contribution in [0.2, 0.25) is 10.0 Å². The van der Waals surface area contributed by atoms with Gasteiger partial charge in [0.15, 0.2) is 11.6 Å². The number of aliphatic hydroxyl groups is 2. The highest BCUT2D eigenvalue weighted by atomic mass is 35.5. The summed E-state index contributed by atoms with van der Waals surface area (Å²) in [5, 5.41) is 19.6. The van der Waals surface area contributed by atoms with E-state index < -0.39 is 71.4 Å². The van der Waals surface area contributed by atoms with E-state index >= 15 is 0 Å². The van der Waals surface area contributed by atoms with Crippen molar-refractivity contribution in [2.24, 2.45) is 33.7 Å². The number of aliphatic hydroxyl groups excluding tert-OH is 2. The van der Waals surface area contributed by atoms with E-state index in [4.69, 9.17) is 23.2 Å². The lowest BCUT2D eigenvalue weighted by molar-refractivity contribution is -0.191. The number of aromatic nitrogens is 2. The van der Waals surface area contributed by atoms with E-state index in [0.29, 0.717) is 75.4 Å². The first-order valence-electron chi connectivity index (χ1n) is 19.8. The molecule has 0 unspecified atom stereocenters. The van der Waals surface area contributed by atoms with E-state index in [1.807, 2.05) is 0 Å². The van der Waals surface area contributed by atoms with Gasteiger partial charge in [0.1, 0.15) is 35.7 Å². The van der Waals surface area contributed by atoms with Crippen molar-refractivity contribution in [1.82, 2.24) is 9.97 Å². The highest BCUT2D eigenvalue weighted by Crippen LogP contribution is 2.47. The summed E-state index contributed by atoms with van der Waals surface area (Å²) in [6, 6.07) is 1.59. The van der Waals surface area contributed by atoms with Crippen LogP contribution in [0.1, 0.15) is 49.7 Å². The summed E-state index contributed by atoms with van der Waals surface area (Å²) < 4.78 is 159. The highest BCUT2D eigenvalue weighted by Gasteiger charge is 2.56. The maximum Gasteiger partial charge on any atom is 0.417 e. The molecule has 348 valence electrons. The van der Waals surface area contributed by atoms with Crippen molar-refractivity contribution >= 4 is 57.8 Å². The molecule has 2 aliphatic carbocycles. The number of Topliss-reactive ketones (excluding diaryl/α,β-unsaturated/α-hetero) is 2. The van der Waals surface area contributed by atoms with Gasteiger partial charge in [0, 0.05) is 74.7 Å². The minimum Gasteiger partial charge on any atom is -0.384 e. The molecule has 0 amide bonds. The molecular formula is C40H36Cl2F12N6O4. The second-order valence-electron chi connectivity index (χ2n) is 16.2. The quantitative estimate of drug-likeness (QED) is 0.292. The number of hydrogen-bond acceptors (Lipinski definition) is 10. The summed E-state index contributed by atoms with van der Waals surface area (Å²) >= 11 is 12.0. The SMILES string of the molecule is O=C1CC2=C(C(C3CCN(c4ncc(C(F)(F)F)cc4Cl)CC3)=NC2)[C@@H](C(F)(F)F)[C@H]1O.O=C1CC2=C(C(C3CCN(c4ncc(C(F)(F)F)cc4Cl)CC3)=NC2)[C@H](C(F)(F)F)[C@@H]1O. The monoisotopic (exact) mass is 962 g/mol. The summed E-state index contributed by atoms with van der Waals surface area (Å²) in [6.07, 6.45) is -20.6. The highest BCUT2D eigenvalue weighted by molar-refractivity contribution is 6.33. The molecule has 0 radical (unpaired) electrons. The van der Waals surface area contributed by atoms with Crippen LogP contribution in [0.4, 0.5) is 64.3 Å². The Hall–Kier alpha value is -4.28. The Balaban J connectivity index is 0.000000191. The minimum absolute atomic E-state index is 0.00219. The van der Waals surface area contributed by atoms with Crippen LogP contribution in [0.5, 0.6) is 0 Å². The molecule has 0 saturated carbocycles. The average molecular weight is 964 g/mol. The Morgan fingerprint density at radius 1 is 0.562 bits per heavy atom. The summed E-state index contributed by atoms with van der Waals surface area (Å²) in [4.78, 5) is 43.3. The summed E-state index contributed by atoms with van der Waals surface area (Å²) in [5.41, 5.74) is -0.962. The number of carbonyl (C=O) groups is 2. The molecule has 2 fully saturated rings. The summed E-state index contributed by atoms with van der Waals surface area (Å²) in [5.74, 6) is -6.61. The third-order valence-corrected chi connectivity index (χ3v) is 12.8. The Labute approximate surface area is 365 Å². The molecule has 64 heavy (non-hydrogen) atoms. The number of ketones is 2. The third-order valence-electron chi connectivity index (χ3n) is 12.2. The van der Waals surface area contributed by atoms with Gasteiger partial charge in [-0.3, -0.25) is 19.6 Å². The zero-order chi connectivity index (χ0) is 46.8. The lowest BCUT2D eigenvalue weighted by Gasteiger charge is -2.36. The predicted octanol–water partition coefficient (Wildman–Crippen LogP) is 8.47. The third kappa shape index (κ3) is 9.51. The Morgan fingerprint density at radius 2 is 0.891 bits per heavy atom. The lowest BCUT2D eigenvalue weighted by atomic mass is 9.74. The van der Waals surface area contributed by atoms with Crippen LogP contribution < -0.4 is 9.80 Å². The van der Waals surface area contributed by atoms with Gasteiger partial charge >= 0.3 is 24.7 Å². The predicted molar refractivity (Wildman–Crippen MR) is 207 cm³/mol. The molecule has 0 spiro atoms. The average Bonchev–Trinajstić information content (AvgIpc) is 3.81. The second kappa shape index (κ2) is 17.5. The van der Waals surface area contributed by atoms with E-state index in [2.05, 4.69) is 20.0 Å². The summed E-state index contributed by atoms with van der Waals surface area (Å²) in [6.45, 7) is 1.24. The van der Waals surface area contributed by atoms with E-state index in [0.717, 1.165) is 12.1 Å². The van der Waals surface area contributed by atoms with Crippen LogP contribution in [0.25, 0.3) is 0 Å². The molecule has 8 rings (SSSR count). The van der Waals surface area contributed by atoms with Crippen LogP contribution in [-0.2, 0) is 21.9 Å². The maximum atomic E-state index is 13.7. The Morgan fingerprint density at radius 3 is 1.17 bits per heavy atom. The number of halogens is 14. The molecule has 2 aromatic heterocycles. The van der Waals surface area contributed by atoms with Crippen molar-refractivity contribution in [3.8, 4) is 0 Å². The number of aliphatic imine (C=N–C) groups is 2. The maximum absolute atomic E-state index is 13.7. The van der Waals surface area contributed by atoms with Gasteiger partial charge in [0.25, 0.3) is 0 Å². The molecular weight excluding hydrogens is 927 g/mol. The second-order valence-corrected chi connectivity index (χ2v) is 17.0. The molecule has 2 saturated heterocycles. The van der Waals surface area contributed by atoms with Gasteiger partial charge < -0.3 is 20.0 Å². The number of piperidine rings is 2. The van der Waals surface area contributed by atoms with E-state index in [-0.39, 0.29) is 82.0 Å². The molecule has 0 bridgehead atoms. The number of carbonyl (C=O) groups excluding carboxylic acids is 2. The minimum atomic E-state index is -4.79. The van der Waals surface area contributed by atoms with Crippen molar-refractivity contribution in [2.75, 3.05) is 49.1 Å². The van der Waals surface area contributed by atoms with Crippen molar-refractivity contribution < 1.29 is 72.5 Å². The molecule has 2 aromatic rings. The molecule has 6 heterocycles. The van der Waals surface area contributed by atoms with Crippen LogP contribution >= 0.6 is 23.2 Å². The van der Waals surface area contributed by atoms with Crippen molar-refractivity contribution in [3.05, 3.63) is 68.0 Å². The first kappa shape index (κ1) is 47.7. The fraction of sp³-hybridized carbons (Fsp3) is 0.550. The number of rotatable bonds is 4. The lowest BCUT2D eigenvalue weighted by Crippen LogP contribution is -2.46. The van der Waals surface area contributed by atoms with Gasteiger partial charge in [-0.25, -0.2) is 9.97 Å². The van der Waals surface area contributed by atoms with Gasteiger partial charge in [-0.1, -0.05) is 23.2 Å². The zero-order valence-corrected chi connectivity index (χ0v) is 34.5. The fourth-order valence-electron chi connectivity index (χ4n) is 9.19. The topological polar surface area (TPSA) is 132 Å². The van der Waals surface area contributed by atoms with E-state index in [9.17, 15) is 72.5 Å². The van der Waals surface area contributed by atoms with Crippen LogP contribution in [0, 0.1) is 23.7 Å². The smallest absolute Gasteiger partial charge is 0.384 e. The molecule has 4 aliphatic heterocycles. The van der Waals surface area contributed by atoms with Gasteiger partial charge in [0.05, 0.1) is 34.3 Å². The Bertz CT molecular complexity index is 2150. The van der Waals surface area contributed by atoms with E-state index in [1.54, 1.807) is 9.80 Å². The van der Waals surface area contributed by atoms with Crippen LogP contribution in [0.15, 0.2) is 56.8 Å². The van der Waals surface area contributed by atoms with Crippen LogP contribution in [-0.4, -0.2) is 107 Å². The number of alkyl halides is 12. The molecule has 10 nitrogen and oxygen atoms in total. The number of pyridine rings is 2. The van der Waals surface area contributed by atoms with E-state index in [1.165, 1.54) is 0 Å². The first-order chi connectivity index (χ1) is 29.8. The molecule has 2 N–H and O–H groups in total. The molecule has 24 heteroatoms. The van der Waals surface area contributed by atoms with Gasteiger partial charge in [-0.05, 0) is 60.1 Å². The number of nitrogens with zero attached hydrogens (tertiary/aromatic N) is 6. The first-order valence-corrected chi connectivity index (χ1v) is 20.5. The Kier molecular flexibility index (Phi) is 13.0. The molecule has 0 aromatic carbocycles.